The van der Waals surface area contributed by atoms with Crippen molar-refractivity contribution in [3.8, 4) is 5.75 Å². The molecule has 1 fully saturated rings. The molecule has 1 unspecified atom stereocenters. The molecule has 1 aromatic rings. The first-order valence-corrected chi connectivity index (χ1v) is 9.81. The van der Waals surface area contributed by atoms with Crippen LogP contribution in [-0.2, 0) is 11.3 Å². The lowest BCUT2D eigenvalue weighted by Gasteiger charge is -2.24. The smallest absolute Gasteiger partial charge is 0.191 e. The third-order valence-corrected chi connectivity index (χ3v) is 5.02. The van der Waals surface area contributed by atoms with Crippen LogP contribution in [0.5, 0.6) is 5.75 Å². The summed E-state index contributed by atoms with van der Waals surface area (Å²) in [7, 11) is 1.68. The van der Waals surface area contributed by atoms with Crippen molar-refractivity contribution < 1.29 is 9.47 Å². The number of hydrogen-bond acceptors (Lipinski definition) is 4. The van der Waals surface area contributed by atoms with Gasteiger partial charge >= 0.3 is 0 Å². The van der Waals surface area contributed by atoms with Gasteiger partial charge in [0, 0.05) is 23.9 Å². The maximum atomic E-state index is 5.73. The Hall–Kier alpha value is -1.40. The number of nitrogens with zero attached hydrogens (tertiary/aromatic N) is 1. The number of para-hydroxylation sites is 1. The minimum absolute atomic E-state index is 0.524. The molecule has 0 radical (unpaired) electrons. The Kier molecular flexibility index (Phi) is 8.84. The van der Waals surface area contributed by atoms with Gasteiger partial charge in [-0.3, -0.25) is 4.99 Å². The maximum Gasteiger partial charge on any atom is 0.191 e. The van der Waals surface area contributed by atoms with Crippen molar-refractivity contribution >= 4 is 17.7 Å². The summed E-state index contributed by atoms with van der Waals surface area (Å²) in [5.41, 5.74) is 1.06. The van der Waals surface area contributed by atoms with Gasteiger partial charge < -0.3 is 20.1 Å². The molecule has 0 aromatic heterocycles. The number of thioether (sulfide) groups is 1. The minimum Gasteiger partial charge on any atom is -0.496 e. The number of methoxy groups -OCH3 is 1. The summed E-state index contributed by atoms with van der Waals surface area (Å²) >= 11 is 2.01. The zero-order chi connectivity index (χ0) is 17.0. The topological polar surface area (TPSA) is 54.9 Å². The molecule has 0 amide bonds. The predicted octanol–water partition coefficient (Wildman–Crippen LogP) is 2.66. The number of hydrogen-bond donors (Lipinski definition) is 2. The van der Waals surface area contributed by atoms with E-state index >= 15 is 0 Å². The highest BCUT2D eigenvalue weighted by Gasteiger charge is 2.14. The Morgan fingerprint density at radius 1 is 1.38 bits per heavy atom. The quantitative estimate of drug-likeness (QED) is 0.428. The zero-order valence-corrected chi connectivity index (χ0v) is 15.5. The van der Waals surface area contributed by atoms with E-state index in [0.717, 1.165) is 29.6 Å². The van der Waals surface area contributed by atoms with Crippen molar-refractivity contribution in [2.24, 2.45) is 4.99 Å². The van der Waals surface area contributed by atoms with Crippen LogP contribution in [0, 0.1) is 0 Å². The number of ether oxygens (including phenoxy) is 2. The van der Waals surface area contributed by atoms with E-state index in [1.807, 2.05) is 36.0 Å². The Balaban J connectivity index is 1.73. The Morgan fingerprint density at radius 2 is 2.25 bits per heavy atom. The molecule has 134 valence electrons. The summed E-state index contributed by atoms with van der Waals surface area (Å²) in [6.07, 6.45) is 2.51. The van der Waals surface area contributed by atoms with E-state index in [0.29, 0.717) is 25.8 Å². The summed E-state index contributed by atoms with van der Waals surface area (Å²) in [6.45, 7) is 4.74. The highest BCUT2D eigenvalue weighted by atomic mass is 32.2. The molecule has 1 heterocycles. The minimum atomic E-state index is 0.524. The van der Waals surface area contributed by atoms with Gasteiger partial charge in [-0.05, 0) is 31.6 Å². The Morgan fingerprint density at radius 3 is 3.00 bits per heavy atom. The second-order valence-corrected chi connectivity index (χ2v) is 6.83. The van der Waals surface area contributed by atoms with E-state index in [1.165, 1.54) is 18.6 Å². The van der Waals surface area contributed by atoms with Gasteiger partial charge in [-0.25, -0.2) is 0 Å². The monoisotopic (exact) mass is 351 g/mol. The molecule has 6 heteroatoms. The number of rotatable bonds is 8. The first-order chi connectivity index (χ1) is 11.8. The van der Waals surface area contributed by atoms with E-state index in [-0.39, 0.29) is 0 Å². The van der Waals surface area contributed by atoms with Gasteiger partial charge in [-0.15, -0.1) is 0 Å². The molecular weight excluding hydrogens is 322 g/mol. The van der Waals surface area contributed by atoms with Gasteiger partial charge in [0.15, 0.2) is 5.96 Å². The summed E-state index contributed by atoms with van der Waals surface area (Å²) < 4.78 is 11.1. The van der Waals surface area contributed by atoms with E-state index in [9.17, 15) is 0 Å². The average Bonchev–Trinajstić information content (AvgIpc) is 2.62. The number of aliphatic imine (C=N–C) groups is 1. The fourth-order valence-corrected chi connectivity index (χ4v) is 3.67. The fourth-order valence-electron chi connectivity index (χ4n) is 2.59. The Bertz CT molecular complexity index is 505. The van der Waals surface area contributed by atoms with Gasteiger partial charge in [0.25, 0.3) is 0 Å². The molecule has 2 N–H and O–H groups in total. The van der Waals surface area contributed by atoms with Crippen molar-refractivity contribution in [1.29, 1.82) is 0 Å². The number of guanidine groups is 1. The van der Waals surface area contributed by atoms with E-state index in [2.05, 4.69) is 22.5 Å². The predicted molar refractivity (Wildman–Crippen MR) is 102 cm³/mol. The van der Waals surface area contributed by atoms with Crippen LogP contribution >= 0.6 is 11.8 Å². The standard InChI is InChI=1S/C18H29N3O2S/c1-3-19-18(21-16-8-6-12-24-14-16)20-10-11-23-13-15-7-4-5-9-17(15)22-2/h4-5,7,9,16H,3,6,8,10-14H2,1-2H3,(H2,19,20,21). The first kappa shape index (κ1) is 18.9. The highest BCUT2D eigenvalue weighted by molar-refractivity contribution is 7.99. The summed E-state index contributed by atoms with van der Waals surface area (Å²) in [6, 6.07) is 8.45. The van der Waals surface area contributed by atoms with Crippen molar-refractivity contribution in [2.45, 2.75) is 32.4 Å². The molecule has 24 heavy (non-hydrogen) atoms. The molecule has 0 bridgehead atoms. The number of benzene rings is 1. The fraction of sp³-hybridized carbons (Fsp3) is 0.611. The molecule has 5 nitrogen and oxygen atoms in total. The lowest BCUT2D eigenvalue weighted by atomic mass is 10.2. The molecule has 1 saturated heterocycles. The molecule has 1 aliphatic heterocycles. The van der Waals surface area contributed by atoms with E-state index in [4.69, 9.17) is 9.47 Å². The van der Waals surface area contributed by atoms with Gasteiger partial charge in [0.2, 0.25) is 0 Å². The molecule has 0 aliphatic carbocycles. The van der Waals surface area contributed by atoms with Crippen molar-refractivity contribution in [1.82, 2.24) is 10.6 Å². The van der Waals surface area contributed by atoms with Crippen LogP contribution in [0.15, 0.2) is 29.3 Å². The summed E-state index contributed by atoms with van der Waals surface area (Å²) in [4.78, 5) is 4.61. The third-order valence-electron chi connectivity index (χ3n) is 3.80. The maximum absolute atomic E-state index is 5.73. The zero-order valence-electron chi connectivity index (χ0n) is 14.7. The molecular formula is C18H29N3O2S. The molecule has 1 aromatic carbocycles. The highest BCUT2D eigenvalue weighted by Crippen LogP contribution is 2.18. The van der Waals surface area contributed by atoms with Crippen LogP contribution in [0.25, 0.3) is 0 Å². The molecule has 2 rings (SSSR count). The molecule has 1 aliphatic rings. The second kappa shape index (κ2) is 11.2. The van der Waals surface area contributed by atoms with Crippen molar-refractivity contribution in [3.05, 3.63) is 29.8 Å². The van der Waals surface area contributed by atoms with Gasteiger partial charge in [0.05, 0.1) is 26.9 Å². The van der Waals surface area contributed by atoms with Gasteiger partial charge in [0.1, 0.15) is 5.75 Å². The van der Waals surface area contributed by atoms with Crippen LogP contribution in [0.1, 0.15) is 25.3 Å². The van der Waals surface area contributed by atoms with Crippen LogP contribution in [0.4, 0.5) is 0 Å². The molecule has 0 saturated carbocycles. The number of nitrogens with one attached hydrogen (secondary N) is 2. The normalized spacial score (nSPS) is 18.2. The van der Waals surface area contributed by atoms with Crippen LogP contribution in [-0.4, -0.2) is 50.3 Å². The lowest BCUT2D eigenvalue weighted by Crippen LogP contribution is -2.45. The third kappa shape index (κ3) is 6.61. The second-order valence-electron chi connectivity index (χ2n) is 5.68. The Labute approximate surface area is 149 Å². The van der Waals surface area contributed by atoms with Crippen LogP contribution < -0.4 is 15.4 Å². The van der Waals surface area contributed by atoms with E-state index in [1.54, 1.807) is 7.11 Å². The summed E-state index contributed by atoms with van der Waals surface area (Å²) in [5, 5.41) is 6.84. The lowest BCUT2D eigenvalue weighted by molar-refractivity contribution is 0.126. The SMILES string of the molecule is CCNC(=NCCOCc1ccccc1OC)NC1CCCSC1. The van der Waals surface area contributed by atoms with Gasteiger partial charge in [-0.2, -0.15) is 11.8 Å². The van der Waals surface area contributed by atoms with Crippen molar-refractivity contribution in [2.75, 3.05) is 38.3 Å². The van der Waals surface area contributed by atoms with Gasteiger partial charge in [-0.1, -0.05) is 18.2 Å². The summed E-state index contributed by atoms with van der Waals surface area (Å²) in [5.74, 6) is 4.20. The van der Waals surface area contributed by atoms with Crippen LogP contribution in [0.2, 0.25) is 0 Å². The van der Waals surface area contributed by atoms with E-state index < -0.39 is 0 Å². The van der Waals surface area contributed by atoms with Crippen molar-refractivity contribution in [3.63, 3.8) is 0 Å². The first-order valence-electron chi connectivity index (χ1n) is 8.65. The largest absolute Gasteiger partial charge is 0.496 e. The van der Waals surface area contributed by atoms with Crippen LogP contribution in [0.3, 0.4) is 0 Å². The molecule has 0 spiro atoms. The molecule has 1 atom stereocenters. The average molecular weight is 352 g/mol.